The Bertz CT molecular complexity index is 1700. The van der Waals surface area contributed by atoms with Gasteiger partial charge in [-0.15, -0.1) is 0 Å². The molecular formula is C33H33ClN6O3. The highest BCUT2D eigenvalue weighted by Crippen LogP contribution is 2.46. The number of nitrogens with zero attached hydrogens (tertiary/aromatic N) is 4. The monoisotopic (exact) mass is 596 g/mol. The van der Waals surface area contributed by atoms with Crippen LogP contribution in [-0.4, -0.2) is 48.0 Å². The summed E-state index contributed by atoms with van der Waals surface area (Å²) in [4.78, 5) is 23.9. The molecule has 2 heterocycles. The van der Waals surface area contributed by atoms with Gasteiger partial charge < -0.3 is 25.0 Å². The van der Waals surface area contributed by atoms with Crippen LogP contribution in [0.3, 0.4) is 0 Å². The fraction of sp³-hybridized carbons (Fsp3) is 0.273. The molecule has 4 aromatic rings. The predicted octanol–water partition coefficient (Wildman–Crippen LogP) is 6.81. The van der Waals surface area contributed by atoms with E-state index >= 15 is 0 Å². The molecule has 0 bridgehead atoms. The molecule has 1 aliphatic rings. The van der Waals surface area contributed by atoms with E-state index in [1.807, 2.05) is 56.3 Å². The molecule has 0 saturated heterocycles. The summed E-state index contributed by atoms with van der Waals surface area (Å²) in [5.41, 5.74) is 4.42. The summed E-state index contributed by atoms with van der Waals surface area (Å²) < 4.78 is 11.8. The lowest BCUT2D eigenvalue weighted by atomic mass is 10.0. The minimum atomic E-state index is -0.284. The molecular weight excluding hydrogens is 564 g/mol. The summed E-state index contributed by atoms with van der Waals surface area (Å²) in [5.74, 6) is 0.965. The molecule has 1 aliphatic carbocycles. The van der Waals surface area contributed by atoms with Crippen LogP contribution in [0.15, 0.2) is 66.9 Å². The van der Waals surface area contributed by atoms with Crippen molar-refractivity contribution in [2.75, 3.05) is 37.9 Å². The number of amides is 1. The lowest BCUT2D eigenvalue weighted by Gasteiger charge is -2.18. The number of rotatable bonds is 12. The Labute approximate surface area is 256 Å². The van der Waals surface area contributed by atoms with Gasteiger partial charge in [-0.1, -0.05) is 23.7 Å². The van der Waals surface area contributed by atoms with E-state index in [2.05, 4.69) is 21.7 Å². The molecule has 0 spiro atoms. The van der Waals surface area contributed by atoms with Crippen molar-refractivity contribution in [1.29, 1.82) is 5.26 Å². The number of halogens is 1. The number of likely N-dealkylation sites (N-methyl/N-ethyl adjacent to an activating group) is 1. The summed E-state index contributed by atoms with van der Waals surface area (Å²) in [6.07, 6.45) is 6.95. The molecule has 2 N–H and O–H groups in total. The summed E-state index contributed by atoms with van der Waals surface area (Å²) in [6.45, 7) is 3.21. The average molecular weight is 597 g/mol. The number of hydrogen-bond acceptors (Lipinski definition) is 8. The summed E-state index contributed by atoms with van der Waals surface area (Å²) in [6, 6.07) is 17.0. The number of carbonyl (C=O) groups excluding carboxylic acids is 1. The molecule has 10 heteroatoms. The van der Waals surface area contributed by atoms with Crippen molar-refractivity contribution in [3.63, 3.8) is 0 Å². The Kier molecular flexibility index (Phi) is 9.40. The van der Waals surface area contributed by atoms with Gasteiger partial charge in [-0.3, -0.25) is 14.8 Å². The van der Waals surface area contributed by atoms with E-state index in [1.165, 1.54) is 6.08 Å². The number of aromatic nitrogens is 2. The first-order chi connectivity index (χ1) is 20.9. The molecule has 0 aliphatic heterocycles. The number of nitrogens with one attached hydrogen (secondary N) is 2. The fourth-order valence-corrected chi connectivity index (χ4v) is 4.83. The Morgan fingerprint density at radius 3 is 2.67 bits per heavy atom. The van der Waals surface area contributed by atoms with Crippen molar-refractivity contribution in [3.8, 4) is 17.6 Å². The Morgan fingerprint density at radius 1 is 1.16 bits per heavy atom. The standard InChI is InChI=1S/C33H33ClN6O3/c1-4-42-30-18-27-24(17-28(30)38-31(41)9-7-15-40(2)3)33(25(19-35)32(39-27)21-10-11-21)37-22-12-13-29(26(34)16-22)43-20-23-8-5-6-14-36-23/h5-9,12-14,16-18,21H,4,10-11,15,20H2,1-3H3,(H,37,39)(H,38,41)/b9-7+. The number of benzene rings is 2. The zero-order chi connectivity index (χ0) is 30.3. The molecule has 1 fully saturated rings. The fourth-order valence-electron chi connectivity index (χ4n) is 4.60. The molecule has 1 amide bonds. The van der Waals surface area contributed by atoms with Crippen molar-refractivity contribution in [2.24, 2.45) is 0 Å². The van der Waals surface area contributed by atoms with Crippen molar-refractivity contribution in [1.82, 2.24) is 14.9 Å². The molecule has 2 aromatic heterocycles. The van der Waals surface area contributed by atoms with Gasteiger partial charge in [0.05, 0.1) is 45.5 Å². The lowest BCUT2D eigenvalue weighted by Crippen LogP contribution is -2.13. The summed E-state index contributed by atoms with van der Waals surface area (Å²) >= 11 is 6.61. The highest BCUT2D eigenvalue weighted by molar-refractivity contribution is 6.32. The highest BCUT2D eigenvalue weighted by Gasteiger charge is 2.31. The van der Waals surface area contributed by atoms with E-state index in [-0.39, 0.29) is 18.4 Å². The van der Waals surface area contributed by atoms with Gasteiger partial charge in [0, 0.05) is 41.9 Å². The third kappa shape index (κ3) is 7.41. The highest BCUT2D eigenvalue weighted by atomic mass is 35.5. The van der Waals surface area contributed by atoms with Gasteiger partial charge in [-0.2, -0.15) is 5.26 Å². The zero-order valence-corrected chi connectivity index (χ0v) is 25.1. The molecule has 2 aromatic carbocycles. The zero-order valence-electron chi connectivity index (χ0n) is 24.4. The molecule has 0 unspecified atom stereocenters. The van der Waals surface area contributed by atoms with Crippen LogP contribution >= 0.6 is 11.6 Å². The number of pyridine rings is 2. The summed E-state index contributed by atoms with van der Waals surface area (Å²) in [7, 11) is 3.86. The van der Waals surface area contributed by atoms with Gasteiger partial charge in [0.15, 0.2) is 0 Å². The molecule has 0 radical (unpaired) electrons. The van der Waals surface area contributed by atoms with Crippen molar-refractivity contribution in [3.05, 3.63) is 88.9 Å². The summed E-state index contributed by atoms with van der Waals surface area (Å²) in [5, 5.41) is 17.7. The van der Waals surface area contributed by atoms with Crippen molar-refractivity contribution >= 4 is 45.5 Å². The Morgan fingerprint density at radius 2 is 2.00 bits per heavy atom. The van der Waals surface area contributed by atoms with Gasteiger partial charge in [0.25, 0.3) is 0 Å². The first-order valence-corrected chi connectivity index (χ1v) is 14.5. The van der Waals surface area contributed by atoms with Gasteiger partial charge in [-0.25, -0.2) is 0 Å². The number of carbonyl (C=O) groups is 1. The third-order valence-corrected chi connectivity index (χ3v) is 7.09. The average Bonchev–Trinajstić information content (AvgIpc) is 3.83. The van der Waals surface area contributed by atoms with Crippen molar-refractivity contribution in [2.45, 2.75) is 32.3 Å². The van der Waals surface area contributed by atoms with Crippen LogP contribution in [0, 0.1) is 11.3 Å². The minimum Gasteiger partial charge on any atom is -0.492 e. The first-order valence-electron chi connectivity index (χ1n) is 14.1. The Balaban J connectivity index is 1.51. The lowest BCUT2D eigenvalue weighted by molar-refractivity contribution is -0.111. The topological polar surface area (TPSA) is 112 Å². The van der Waals surface area contributed by atoms with Crippen LogP contribution in [-0.2, 0) is 11.4 Å². The van der Waals surface area contributed by atoms with Crippen LogP contribution in [0.4, 0.5) is 17.1 Å². The maximum atomic E-state index is 12.8. The maximum Gasteiger partial charge on any atom is 0.248 e. The molecule has 9 nitrogen and oxygen atoms in total. The van der Waals surface area contributed by atoms with Crippen LogP contribution in [0.1, 0.15) is 42.6 Å². The number of anilines is 3. The quantitative estimate of drug-likeness (QED) is 0.172. The van der Waals surface area contributed by atoms with E-state index in [0.717, 1.165) is 24.2 Å². The molecule has 5 rings (SSSR count). The van der Waals surface area contributed by atoms with Crippen LogP contribution in [0.5, 0.6) is 11.5 Å². The second-order valence-electron chi connectivity index (χ2n) is 10.5. The molecule has 1 saturated carbocycles. The van der Waals surface area contributed by atoms with Crippen LogP contribution in [0.25, 0.3) is 10.9 Å². The Hall–Kier alpha value is -4.65. The maximum absolute atomic E-state index is 12.8. The third-order valence-electron chi connectivity index (χ3n) is 6.79. The predicted molar refractivity (Wildman–Crippen MR) is 169 cm³/mol. The smallest absolute Gasteiger partial charge is 0.248 e. The minimum absolute atomic E-state index is 0.224. The number of nitriles is 1. The van der Waals surface area contributed by atoms with Gasteiger partial charge in [-0.05, 0) is 70.3 Å². The second kappa shape index (κ2) is 13.6. The van der Waals surface area contributed by atoms with Gasteiger partial charge in [0.2, 0.25) is 5.91 Å². The SMILES string of the molecule is CCOc1cc2nc(C3CC3)c(C#N)c(Nc3ccc(OCc4ccccn4)c(Cl)c3)c2cc1NC(=O)/C=C/CN(C)C. The van der Waals surface area contributed by atoms with E-state index in [4.69, 9.17) is 26.1 Å². The van der Waals surface area contributed by atoms with Crippen molar-refractivity contribution < 1.29 is 14.3 Å². The van der Waals surface area contributed by atoms with Gasteiger partial charge in [0.1, 0.15) is 24.2 Å². The number of ether oxygens (including phenoxy) is 2. The number of fused-ring (bicyclic) bond motifs is 1. The van der Waals surface area contributed by atoms with Gasteiger partial charge >= 0.3 is 0 Å². The van der Waals surface area contributed by atoms with Crippen LogP contribution in [0.2, 0.25) is 5.02 Å². The second-order valence-corrected chi connectivity index (χ2v) is 10.9. The van der Waals surface area contributed by atoms with E-state index < -0.39 is 0 Å². The first kappa shape index (κ1) is 29.8. The largest absolute Gasteiger partial charge is 0.492 e. The number of hydrogen-bond donors (Lipinski definition) is 2. The van der Waals surface area contributed by atoms with E-state index in [9.17, 15) is 10.1 Å². The van der Waals surface area contributed by atoms with E-state index in [0.29, 0.717) is 63.2 Å². The molecule has 43 heavy (non-hydrogen) atoms. The van der Waals surface area contributed by atoms with E-state index in [1.54, 1.807) is 30.5 Å². The molecule has 220 valence electrons. The molecule has 0 atom stereocenters. The normalized spacial score (nSPS) is 12.8. The van der Waals surface area contributed by atoms with Crippen LogP contribution < -0.4 is 20.1 Å².